The van der Waals surface area contributed by atoms with E-state index in [2.05, 4.69) is 32.8 Å². The molecular formula is C17H10BrN. The van der Waals surface area contributed by atoms with Crippen LogP contribution >= 0.6 is 15.9 Å². The zero-order valence-electron chi connectivity index (χ0n) is 10.1. The predicted octanol–water partition coefficient (Wildman–Crippen LogP) is 4.40. The van der Waals surface area contributed by atoms with Gasteiger partial charge in [-0.3, -0.25) is 4.98 Å². The predicted molar refractivity (Wildman–Crippen MR) is 81.9 cm³/mol. The van der Waals surface area contributed by atoms with Crippen molar-refractivity contribution >= 4 is 26.8 Å². The van der Waals surface area contributed by atoms with Crippen LogP contribution in [0.4, 0.5) is 0 Å². The van der Waals surface area contributed by atoms with E-state index >= 15 is 0 Å². The molecular weight excluding hydrogens is 298 g/mol. The third kappa shape index (κ3) is 2.52. The first-order valence-corrected chi connectivity index (χ1v) is 6.74. The lowest BCUT2D eigenvalue weighted by atomic mass is 10.1. The number of nitrogens with zero attached hydrogens (tertiary/aromatic N) is 1. The van der Waals surface area contributed by atoms with E-state index in [1.54, 1.807) is 6.20 Å². The van der Waals surface area contributed by atoms with Crippen LogP contribution in [0.15, 0.2) is 65.3 Å². The summed E-state index contributed by atoms with van der Waals surface area (Å²) in [6.07, 6.45) is 1.79. The van der Waals surface area contributed by atoms with Crippen molar-refractivity contribution < 1.29 is 0 Å². The van der Waals surface area contributed by atoms with E-state index in [1.807, 2.05) is 54.6 Å². The van der Waals surface area contributed by atoms with Gasteiger partial charge in [-0.2, -0.15) is 0 Å². The Morgan fingerprint density at radius 2 is 1.68 bits per heavy atom. The molecule has 19 heavy (non-hydrogen) atoms. The maximum Gasteiger partial charge on any atom is 0.0856 e. The summed E-state index contributed by atoms with van der Waals surface area (Å²) >= 11 is 3.59. The van der Waals surface area contributed by atoms with Crippen molar-refractivity contribution in [2.24, 2.45) is 0 Å². The highest BCUT2D eigenvalue weighted by Crippen LogP contribution is 2.25. The largest absolute Gasteiger partial charge is 0.255 e. The Morgan fingerprint density at radius 1 is 0.842 bits per heavy atom. The van der Waals surface area contributed by atoms with E-state index in [-0.39, 0.29) is 0 Å². The van der Waals surface area contributed by atoms with E-state index < -0.39 is 0 Å². The van der Waals surface area contributed by atoms with Gasteiger partial charge in [-0.15, -0.1) is 0 Å². The molecule has 3 aromatic rings. The van der Waals surface area contributed by atoms with Gasteiger partial charge in [0.05, 0.1) is 9.99 Å². The maximum atomic E-state index is 4.38. The van der Waals surface area contributed by atoms with Gasteiger partial charge in [0.1, 0.15) is 0 Å². The second-order valence-corrected chi connectivity index (χ2v) is 4.91. The van der Waals surface area contributed by atoms with Gasteiger partial charge in [0.25, 0.3) is 0 Å². The van der Waals surface area contributed by atoms with Crippen molar-refractivity contribution in [2.75, 3.05) is 0 Å². The fourth-order valence-corrected chi connectivity index (χ4v) is 2.43. The third-order valence-corrected chi connectivity index (χ3v) is 3.63. The summed E-state index contributed by atoms with van der Waals surface area (Å²) in [5, 5.41) is 1.11. The molecule has 0 saturated carbocycles. The standard InChI is InChI=1S/C17H10BrN/c18-16-14(9-8-13-5-2-1-3-6-13)10-11-15-7-4-12-19-17(15)16/h1-7,10-12H. The molecule has 0 bridgehead atoms. The topological polar surface area (TPSA) is 12.9 Å². The summed E-state index contributed by atoms with van der Waals surface area (Å²) in [6, 6.07) is 18.0. The molecule has 1 heterocycles. The Kier molecular flexibility index (Phi) is 3.31. The van der Waals surface area contributed by atoms with Crippen LogP contribution in [-0.4, -0.2) is 4.98 Å². The van der Waals surface area contributed by atoms with E-state index in [0.29, 0.717) is 0 Å². The zero-order valence-corrected chi connectivity index (χ0v) is 11.7. The molecule has 90 valence electrons. The number of pyridine rings is 1. The second-order valence-electron chi connectivity index (χ2n) is 4.12. The molecule has 0 spiro atoms. The lowest BCUT2D eigenvalue weighted by Crippen LogP contribution is -1.84. The first-order chi connectivity index (χ1) is 9.34. The first kappa shape index (κ1) is 12.0. The Balaban J connectivity index is 2.08. The van der Waals surface area contributed by atoms with Gasteiger partial charge < -0.3 is 0 Å². The quantitative estimate of drug-likeness (QED) is 0.561. The first-order valence-electron chi connectivity index (χ1n) is 5.95. The third-order valence-electron chi connectivity index (χ3n) is 2.83. The van der Waals surface area contributed by atoms with Crippen molar-refractivity contribution in [2.45, 2.75) is 0 Å². The Hall–Kier alpha value is -2.11. The summed E-state index contributed by atoms with van der Waals surface area (Å²) in [6.45, 7) is 0. The molecule has 0 amide bonds. The fourth-order valence-electron chi connectivity index (χ4n) is 1.87. The van der Waals surface area contributed by atoms with Gasteiger partial charge >= 0.3 is 0 Å². The zero-order chi connectivity index (χ0) is 13.1. The number of hydrogen-bond acceptors (Lipinski definition) is 1. The van der Waals surface area contributed by atoms with Crippen LogP contribution in [0.5, 0.6) is 0 Å². The molecule has 0 radical (unpaired) electrons. The van der Waals surface area contributed by atoms with Gasteiger partial charge in [0.15, 0.2) is 0 Å². The maximum absolute atomic E-state index is 4.38. The highest BCUT2D eigenvalue weighted by atomic mass is 79.9. The summed E-state index contributed by atoms with van der Waals surface area (Å²) < 4.78 is 0.953. The Labute approximate surface area is 120 Å². The van der Waals surface area contributed by atoms with Crippen molar-refractivity contribution in [1.82, 2.24) is 4.98 Å². The lowest BCUT2D eigenvalue weighted by molar-refractivity contribution is 1.40. The average Bonchev–Trinajstić information content (AvgIpc) is 2.48. The number of aromatic nitrogens is 1. The highest BCUT2D eigenvalue weighted by Gasteiger charge is 2.03. The van der Waals surface area contributed by atoms with Gasteiger partial charge in [-0.25, -0.2) is 0 Å². The molecule has 0 aliphatic carbocycles. The van der Waals surface area contributed by atoms with Gasteiger partial charge in [-0.05, 0) is 40.2 Å². The monoisotopic (exact) mass is 307 g/mol. The van der Waals surface area contributed by atoms with Crippen LogP contribution in [-0.2, 0) is 0 Å². The van der Waals surface area contributed by atoms with Gasteiger partial charge in [0.2, 0.25) is 0 Å². The molecule has 2 heteroatoms. The highest BCUT2D eigenvalue weighted by molar-refractivity contribution is 9.10. The number of hydrogen-bond donors (Lipinski definition) is 0. The number of rotatable bonds is 0. The molecule has 0 N–H and O–H groups in total. The van der Waals surface area contributed by atoms with E-state index in [9.17, 15) is 0 Å². The molecule has 1 aromatic heterocycles. The van der Waals surface area contributed by atoms with Crippen molar-refractivity contribution in [1.29, 1.82) is 0 Å². The van der Waals surface area contributed by atoms with Crippen LogP contribution in [0.1, 0.15) is 11.1 Å². The van der Waals surface area contributed by atoms with Crippen LogP contribution < -0.4 is 0 Å². The SMILES string of the molecule is Brc1c(C#Cc2ccccc2)ccc2cccnc12. The van der Waals surface area contributed by atoms with E-state index in [0.717, 1.165) is 26.5 Å². The number of benzene rings is 2. The molecule has 2 aromatic carbocycles. The molecule has 0 aliphatic rings. The second kappa shape index (κ2) is 5.26. The number of halogens is 1. The minimum absolute atomic E-state index is 0.947. The Morgan fingerprint density at radius 3 is 2.53 bits per heavy atom. The van der Waals surface area contributed by atoms with Crippen molar-refractivity contribution in [3.8, 4) is 11.8 Å². The molecule has 0 saturated heterocycles. The van der Waals surface area contributed by atoms with Crippen molar-refractivity contribution in [3.63, 3.8) is 0 Å². The smallest absolute Gasteiger partial charge is 0.0856 e. The summed E-state index contributed by atoms with van der Waals surface area (Å²) in [7, 11) is 0. The molecule has 0 aliphatic heterocycles. The lowest BCUT2D eigenvalue weighted by Gasteiger charge is -2.01. The van der Waals surface area contributed by atoms with Gasteiger partial charge in [0, 0.05) is 22.7 Å². The molecule has 0 atom stereocenters. The Bertz CT molecular complexity index is 782. The normalized spacial score (nSPS) is 9.95. The molecule has 1 nitrogen and oxygen atoms in total. The minimum atomic E-state index is 0.947. The number of fused-ring (bicyclic) bond motifs is 1. The molecule has 3 rings (SSSR count). The fraction of sp³-hybridized carbons (Fsp3) is 0. The average molecular weight is 308 g/mol. The van der Waals surface area contributed by atoms with Crippen LogP contribution in [0.25, 0.3) is 10.9 Å². The minimum Gasteiger partial charge on any atom is -0.255 e. The summed E-state index contributed by atoms with van der Waals surface area (Å²) in [5.74, 6) is 6.34. The molecule has 0 unspecified atom stereocenters. The van der Waals surface area contributed by atoms with Gasteiger partial charge in [-0.1, -0.05) is 42.2 Å². The van der Waals surface area contributed by atoms with Crippen molar-refractivity contribution in [3.05, 3.63) is 76.4 Å². The molecule has 0 fully saturated rings. The van der Waals surface area contributed by atoms with Crippen LogP contribution in [0, 0.1) is 11.8 Å². The summed E-state index contributed by atoms with van der Waals surface area (Å²) in [4.78, 5) is 4.38. The summed E-state index contributed by atoms with van der Waals surface area (Å²) in [5.41, 5.74) is 2.91. The van der Waals surface area contributed by atoms with E-state index in [1.165, 1.54) is 0 Å². The van der Waals surface area contributed by atoms with Crippen LogP contribution in [0.2, 0.25) is 0 Å². The van der Waals surface area contributed by atoms with Crippen LogP contribution in [0.3, 0.4) is 0 Å². The van der Waals surface area contributed by atoms with E-state index in [4.69, 9.17) is 0 Å².